The molecule has 0 amide bonds. The summed E-state index contributed by atoms with van der Waals surface area (Å²) in [5, 5.41) is 0. The summed E-state index contributed by atoms with van der Waals surface area (Å²) in [5.41, 5.74) is 8.33. The van der Waals surface area contributed by atoms with Crippen molar-refractivity contribution >= 4 is 5.69 Å². The van der Waals surface area contributed by atoms with Crippen LogP contribution in [0.15, 0.2) is 24.3 Å². The quantitative estimate of drug-likeness (QED) is 0.843. The fourth-order valence-corrected chi connectivity index (χ4v) is 2.42. The SMILES string of the molecule is CCN(c1ccccc1C)C(C)(CN)C(C)OC. The highest BCUT2D eigenvalue weighted by molar-refractivity contribution is 5.55. The monoisotopic (exact) mass is 250 g/mol. The molecule has 2 N–H and O–H groups in total. The number of benzene rings is 1. The van der Waals surface area contributed by atoms with Crippen LogP contribution in [0.1, 0.15) is 26.3 Å². The van der Waals surface area contributed by atoms with Crippen molar-refractivity contribution in [3.8, 4) is 0 Å². The molecule has 0 saturated carbocycles. The van der Waals surface area contributed by atoms with Gasteiger partial charge in [-0.2, -0.15) is 0 Å². The first-order chi connectivity index (χ1) is 8.51. The van der Waals surface area contributed by atoms with Gasteiger partial charge >= 0.3 is 0 Å². The van der Waals surface area contributed by atoms with Crippen molar-refractivity contribution in [1.82, 2.24) is 0 Å². The number of hydrogen-bond acceptors (Lipinski definition) is 3. The number of anilines is 1. The lowest BCUT2D eigenvalue weighted by molar-refractivity contribution is 0.0561. The van der Waals surface area contributed by atoms with E-state index in [1.165, 1.54) is 11.3 Å². The Labute approximate surface area is 111 Å². The molecule has 2 unspecified atom stereocenters. The van der Waals surface area contributed by atoms with E-state index in [0.29, 0.717) is 6.54 Å². The zero-order valence-corrected chi connectivity index (χ0v) is 12.2. The van der Waals surface area contributed by atoms with Crippen molar-refractivity contribution in [3.05, 3.63) is 29.8 Å². The molecule has 0 heterocycles. The van der Waals surface area contributed by atoms with Crippen LogP contribution in [0.2, 0.25) is 0 Å². The molecule has 1 rings (SSSR count). The predicted octanol–water partition coefficient (Wildman–Crippen LogP) is 2.57. The first kappa shape index (κ1) is 15.0. The molecule has 0 spiro atoms. The molecule has 0 aromatic heterocycles. The molecule has 102 valence electrons. The Kier molecular flexibility index (Phi) is 5.17. The van der Waals surface area contributed by atoms with E-state index in [9.17, 15) is 0 Å². The molecule has 0 aliphatic carbocycles. The molecule has 0 aliphatic heterocycles. The third kappa shape index (κ3) is 2.68. The first-order valence-corrected chi connectivity index (χ1v) is 6.57. The second-order valence-corrected chi connectivity index (χ2v) is 4.97. The largest absolute Gasteiger partial charge is 0.379 e. The summed E-state index contributed by atoms with van der Waals surface area (Å²) < 4.78 is 5.53. The molecule has 3 nitrogen and oxygen atoms in total. The third-order valence-corrected chi connectivity index (χ3v) is 3.98. The minimum atomic E-state index is -0.199. The Morgan fingerprint density at radius 3 is 2.44 bits per heavy atom. The van der Waals surface area contributed by atoms with E-state index in [-0.39, 0.29) is 11.6 Å². The van der Waals surface area contributed by atoms with Crippen LogP contribution >= 0.6 is 0 Å². The molecule has 0 bridgehead atoms. The number of ether oxygens (including phenoxy) is 1. The number of rotatable bonds is 6. The topological polar surface area (TPSA) is 38.5 Å². The maximum absolute atomic E-state index is 6.03. The zero-order chi connectivity index (χ0) is 13.8. The van der Waals surface area contributed by atoms with Crippen LogP contribution in [0.25, 0.3) is 0 Å². The number of nitrogens with two attached hydrogens (primary N) is 1. The van der Waals surface area contributed by atoms with Gasteiger partial charge in [0.2, 0.25) is 0 Å². The number of methoxy groups -OCH3 is 1. The Morgan fingerprint density at radius 1 is 1.39 bits per heavy atom. The highest BCUT2D eigenvalue weighted by atomic mass is 16.5. The lowest BCUT2D eigenvalue weighted by Gasteiger charge is -2.45. The van der Waals surface area contributed by atoms with Crippen molar-refractivity contribution in [2.75, 3.05) is 25.1 Å². The Hall–Kier alpha value is -1.06. The van der Waals surface area contributed by atoms with Crippen LogP contribution in [-0.2, 0) is 4.74 Å². The van der Waals surface area contributed by atoms with Crippen LogP contribution in [0.3, 0.4) is 0 Å². The van der Waals surface area contributed by atoms with Gasteiger partial charge in [0.05, 0.1) is 11.6 Å². The maximum Gasteiger partial charge on any atom is 0.0784 e. The smallest absolute Gasteiger partial charge is 0.0784 e. The summed E-state index contributed by atoms with van der Waals surface area (Å²) in [4.78, 5) is 2.34. The van der Waals surface area contributed by atoms with E-state index in [1.54, 1.807) is 7.11 Å². The minimum Gasteiger partial charge on any atom is -0.379 e. The van der Waals surface area contributed by atoms with E-state index < -0.39 is 0 Å². The van der Waals surface area contributed by atoms with E-state index >= 15 is 0 Å². The molecule has 3 heteroatoms. The van der Waals surface area contributed by atoms with Gasteiger partial charge in [-0.05, 0) is 39.3 Å². The normalized spacial score (nSPS) is 16.1. The highest BCUT2D eigenvalue weighted by Gasteiger charge is 2.36. The third-order valence-electron chi connectivity index (χ3n) is 3.98. The molecular formula is C15H26N2O. The molecule has 0 radical (unpaired) electrons. The number of nitrogens with zero attached hydrogens (tertiary/aromatic N) is 1. The first-order valence-electron chi connectivity index (χ1n) is 6.57. The van der Waals surface area contributed by atoms with Crippen LogP contribution in [0, 0.1) is 6.92 Å². The summed E-state index contributed by atoms with van der Waals surface area (Å²) in [6, 6.07) is 8.41. The van der Waals surface area contributed by atoms with Gasteiger partial charge in [0, 0.05) is 25.9 Å². The summed E-state index contributed by atoms with van der Waals surface area (Å²) >= 11 is 0. The van der Waals surface area contributed by atoms with Gasteiger partial charge < -0.3 is 15.4 Å². The van der Waals surface area contributed by atoms with Gasteiger partial charge in [0.1, 0.15) is 0 Å². The molecule has 0 aliphatic rings. The summed E-state index contributed by atoms with van der Waals surface area (Å²) in [7, 11) is 1.74. The predicted molar refractivity (Wildman–Crippen MR) is 78.1 cm³/mol. The van der Waals surface area contributed by atoms with Crippen molar-refractivity contribution in [2.24, 2.45) is 5.73 Å². The van der Waals surface area contributed by atoms with Crippen LogP contribution < -0.4 is 10.6 Å². The van der Waals surface area contributed by atoms with E-state index in [2.05, 4.69) is 56.9 Å². The second kappa shape index (κ2) is 6.21. The average Bonchev–Trinajstić information content (AvgIpc) is 2.40. The van der Waals surface area contributed by atoms with E-state index in [4.69, 9.17) is 10.5 Å². The fourth-order valence-electron chi connectivity index (χ4n) is 2.42. The molecule has 2 atom stereocenters. The van der Waals surface area contributed by atoms with E-state index in [0.717, 1.165) is 6.54 Å². The molecular weight excluding hydrogens is 224 g/mol. The average molecular weight is 250 g/mol. The lowest BCUT2D eigenvalue weighted by Crippen LogP contribution is -2.59. The van der Waals surface area contributed by atoms with Gasteiger partial charge in [-0.1, -0.05) is 18.2 Å². The number of para-hydroxylation sites is 1. The number of likely N-dealkylation sites (N-methyl/N-ethyl adjacent to an activating group) is 1. The van der Waals surface area contributed by atoms with Crippen LogP contribution in [-0.4, -0.2) is 31.8 Å². The maximum atomic E-state index is 6.03. The molecule has 0 fully saturated rings. The van der Waals surface area contributed by atoms with E-state index in [1.807, 2.05) is 0 Å². The van der Waals surface area contributed by atoms with Gasteiger partial charge in [0.25, 0.3) is 0 Å². The fraction of sp³-hybridized carbons (Fsp3) is 0.600. The Balaban J connectivity index is 3.19. The Morgan fingerprint density at radius 2 is 2.00 bits per heavy atom. The molecule has 18 heavy (non-hydrogen) atoms. The van der Waals surface area contributed by atoms with Crippen molar-refractivity contribution in [2.45, 2.75) is 39.3 Å². The van der Waals surface area contributed by atoms with Crippen LogP contribution in [0.4, 0.5) is 5.69 Å². The standard InChI is InChI=1S/C15H26N2O/c1-6-17(14-10-8-7-9-12(14)2)15(4,11-16)13(3)18-5/h7-10,13H,6,11,16H2,1-5H3. The Bertz CT molecular complexity index is 381. The number of hydrogen-bond donors (Lipinski definition) is 1. The minimum absolute atomic E-state index is 0.0713. The van der Waals surface area contributed by atoms with Gasteiger partial charge in [0.15, 0.2) is 0 Å². The summed E-state index contributed by atoms with van der Waals surface area (Å²) in [6.07, 6.45) is 0.0713. The zero-order valence-electron chi connectivity index (χ0n) is 12.2. The summed E-state index contributed by atoms with van der Waals surface area (Å²) in [6.45, 7) is 10.00. The molecule has 0 saturated heterocycles. The van der Waals surface area contributed by atoms with Crippen molar-refractivity contribution < 1.29 is 4.74 Å². The van der Waals surface area contributed by atoms with Gasteiger partial charge in [-0.15, -0.1) is 0 Å². The van der Waals surface area contributed by atoms with Gasteiger partial charge in [-0.3, -0.25) is 0 Å². The number of aryl methyl sites for hydroxylation is 1. The molecule has 1 aromatic rings. The summed E-state index contributed by atoms with van der Waals surface area (Å²) in [5.74, 6) is 0. The van der Waals surface area contributed by atoms with Crippen LogP contribution in [0.5, 0.6) is 0 Å². The van der Waals surface area contributed by atoms with Gasteiger partial charge in [-0.25, -0.2) is 0 Å². The highest BCUT2D eigenvalue weighted by Crippen LogP contribution is 2.29. The van der Waals surface area contributed by atoms with Crippen molar-refractivity contribution in [1.29, 1.82) is 0 Å². The second-order valence-electron chi connectivity index (χ2n) is 4.97. The lowest BCUT2D eigenvalue weighted by atomic mass is 9.92. The van der Waals surface area contributed by atoms with Crippen molar-refractivity contribution in [3.63, 3.8) is 0 Å². The molecule has 1 aromatic carbocycles.